The van der Waals surface area contributed by atoms with E-state index in [0.717, 1.165) is 30.8 Å². The summed E-state index contributed by atoms with van der Waals surface area (Å²) < 4.78 is 27.8. The lowest BCUT2D eigenvalue weighted by molar-refractivity contribution is 0.0950. The third kappa shape index (κ3) is 5.86. The van der Waals surface area contributed by atoms with Crippen molar-refractivity contribution in [2.45, 2.75) is 44.2 Å². The molecule has 0 aliphatic carbocycles. The highest BCUT2D eigenvalue weighted by atomic mass is 32.2. The molecule has 0 spiro atoms. The number of hydrogen-bond donors (Lipinski definition) is 1. The number of rotatable bonds is 7. The van der Waals surface area contributed by atoms with E-state index in [0.29, 0.717) is 38.3 Å². The van der Waals surface area contributed by atoms with Crippen molar-refractivity contribution < 1.29 is 13.2 Å². The minimum absolute atomic E-state index is 0.179. The summed E-state index contributed by atoms with van der Waals surface area (Å²) in [5.41, 5.74) is 3.49. The molecule has 2 fully saturated rings. The standard InChI is InChI=1S/C26H36N4O3S/c1-21-10-11-24(34(32,33)30-16-14-28(2)15-17-30)18-25(21)26(31)27-19-22-8-4-5-9-23(22)20-29-12-6-3-7-13-29/h4-5,8-11,18H,3,6-7,12-17,19-20H2,1-2H3,(H,27,31). The van der Waals surface area contributed by atoms with E-state index in [-0.39, 0.29) is 10.8 Å². The van der Waals surface area contributed by atoms with E-state index in [1.165, 1.54) is 35.2 Å². The van der Waals surface area contributed by atoms with Gasteiger partial charge in [0.15, 0.2) is 0 Å². The minimum Gasteiger partial charge on any atom is -0.348 e. The number of piperidine rings is 1. The van der Waals surface area contributed by atoms with Crippen molar-refractivity contribution in [1.29, 1.82) is 0 Å². The van der Waals surface area contributed by atoms with E-state index in [1.54, 1.807) is 12.1 Å². The molecule has 34 heavy (non-hydrogen) atoms. The number of hydrogen-bond acceptors (Lipinski definition) is 5. The number of aryl methyl sites for hydroxylation is 1. The molecule has 2 saturated heterocycles. The van der Waals surface area contributed by atoms with Crippen molar-refractivity contribution in [2.24, 2.45) is 0 Å². The highest BCUT2D eigenvalue weighted by Crippen LogP contribution is 2.21. The maximum absolute atomic E-state index is 13.2. The van der Waals surface area contributed by atoms with Crippen molar-refractivity contribution >= 4 is 15.9 Å². The number of carbonyl (C=O) groups excluding carboxylic acids is 1. The molecule has 184 valence electrons. The summed E-state index contributed by atoms with van der Waals surface area (Å²) in [7, 11) is -1.64. The van der Waals surface area contributed by atoms with Gasteiger partial charge in [-0.2, -0.15) is 4.31 Å². The van der Waals surface area contributed by atoms with Crippen molar-refractivity contribution in [1.82, 2.24) is 19.4 Å². The first-order valence-corrected chi connectivity index (χ1v) is 13.7. The monoisotopic (exact) mass is 484 g/mol. The zero-order valence-corrected chi connectivity index (χ0v) is 21.1. The van der Waals surface area contributed by atoms with Crippen LogP contribution in [0, 0.1) is 6.92 Å². The van der Waals surface area contributed by atoms with Gasteiger partial charge in [0.1, 0.15) is 0 Å². The lowest BCUT2D eigenvalue weighted by Crippen LogP contribution is -2.47. The number of carbonyl (C=O) groups is 1. The molecule has 0 saturated carbocycles. The van der Waals surface area contributed by atoms with Crippen LogP contribution < -0.4 is 5.32 Å². The number of amides is 1. The van der Waals surface area contributed by atoms with Crippen molar-refractivity contribution in [3.05, 3.63) is 64.7 Å². The van der Waals surface area contributed by atoms with Gasteiger partial charge >= 0.3 is 0 Å². The van der Waals surface area contributed by atoms with Crippen LogP contribution in [-0.2, 0) is 23.1 Å². The Balaban J connectivity index is 1.46. The Kier molecular flexibility index (Phi) is 8.03. The summed E-state index contributed by atoms with van der Waals surface area (Å²) in [6, 6.07) is 13.1. The van der Waals surface area contributed by atoms with Crippen molar-refractivity contribution in [3.8, 4) is 0 Å². The minimum atomic E-state index is -3.63. The summed E-state index contributed by atoms with van der Waals surface area (Å²) in [5, 5.41) is 3.03. The molecule has 1 amide bonds. The maximum atomic E-state index is 13.2. The smallest absolute Gasteiger partial charge is 0.251 e. The number of nitrogens with one attached hydrogen (secondary N) is 1. The molecule has 0 aromatic heterocycles. The predicted octanol–water partition coefficient (Wildman–Crippen LogP) is 2.85. The Morgan fingerprint density at radius 2 is 1.59 bits per heavy atom. The zero-order valence-electron chi connectivity index (χ0n) is 20.3. The zero-order chi connectivity index (χ0) is 24.1. The predicted molar refractivity (Wildman–Crippen MR) is 134 cm³/mol. The Morgan fingerprint density at radius 3 is 2.29 bits per heavy atom. The van der Waals surface area contributed by atoms with Gasteiger partial charge < -0.3 is 10.2 Å². The van der Waals surface area contributed by atoms with Gasteiger partial charge in [0.25, 0.3) is 5.91 Å². The SMILES string of the molecule is Cc1ccc(S(=O)(=O)N2CCN(C)CC2)cc1C(=O)NCc1ccccc1CN1CCCCC1. The highest BCUT2D eigenvalue weighted by molar-refractivity contribution is 7.89. The molecule has 2 aliphatic heterocycles. The average molecular weight is 485 g/mol. The number of sulfonamides is 1. The van der Waals surface area contributed by atoms with Gasteiger partial charge in [-0.3, -0.25) is 9.69 Å². The molecule has 4 rings (SSSR count). The molecule has 8 heteroatoms. The van der Waals surface area contributed by atoms with Crippen LogP contribution in [0.25, 0.3) is 0 Å². The van der Waals surface area contributed by atoms with E-state index >= 15 is 0 Å². The largest absolute Gasteiger partial charge is 0.348 e. The van der Waals surface area contributed by atoms with E-state index in [4.69, 9.17) is 0 Å². The van der Waals surface area contributed by atoms with Crippen LogP contribution in [0.2, 0.25) is 0 Å². The van der Waals surface area contributed by atoms with E-state index < -0.39 is 10.0 Å². The number of likely N-dealkylation sites (N-methyl/N-ethyl adjacent to an activating group) is 1. The number of benzene rings is 2. The molecule has 0 radical (unpaired) electrons. The van der Waals surface area contributed by atoms with Crippen LogP contribution in [0.15, 0.2) is 47.4 Å². The molecule has 7 nitrogen and oxygen atoms in total. The summed E-state index contributed by atoms with van der Waals surface area (Å²) in [6.07, 6.45) is 3.79. The molecule has 2 heterocycles. The van der Waals surface area contributed by atoms with E-state index in [1.807, 2.05) is 26.1 Å². The Bertz CT molecular complexity index is 1100. The second-order valence-corrected chi connectivity index (χ2v) is 11.4. The fourth-order valence-corrected chi connectivity index (χ4v) is 6.15. The summed E-state index contributed by atoms with van der Waals surface area (Å²) >= 11 is 0. The lowest BCUT2D eigenvalue weighted by Gasteiger charge is -2.31. The summed E-state index contributed by atoms with van der Waals surface area (Å²) in [4.78, 5) is 17.9. The summed E-state index contributed by atoms with van der Waals surface area (Å²) in [6.45, 7) is 7.71. The van der Waals surface area contributed by atoms with Crippen LogP contribution in [0.5, 0.6) is 0 Å². The maximum Gasteiger partial charge on any atom is 0.251 e. The summed E-state index contributed by atoms with van der Waals surface area (Å²) in [5.74, 6) is -0.249. The molecule has 0 bridgehead atoms. The Hall–Kier alpha value is -2.26. The molecule has 2 aliphatic rings. The molecule has 0 atom stereocenters. The highest BCUT2D eigenvalue weighted by Gasteiger charge is 2.28. The van der Waals surface area contributed by atoms with Crippen LogP contribution in [-0.4, -0.2) is 74.7 Å². The first-order chi connectivity index (χ1) is 16.3. The van der Waals surface area contributed by atoms with Crippen molar-refractivity contribution in [2.75, 3.05) is 46.3 Å². The topological polar surface area (TPSA) is 73.0 Å². The number of nitrogens with zero attached hydrogens (tertiary/aromatic N) is 3. The molecule has 1 N–H and O–H groups in total. The molecule has 0 unspecified atom stereocenters. The molecule has 2 aromatic rings. The van der Waals surface area contributed by atoms with Gasteiger partial charge in [0.05, 0.1) is 4.90 Å². The molecular weight excluding hydrogens is 448 g/mol. The Labute approximate surface area is 203 Å². The van der Waals surface area contributed by atoms with Crippen molar-refractivity contribution in [3.63, 3.8) is 0 Å². The first-order valence-electron chi connectivity index (χ1n) is 12.2. The fraction of sp³-hybridized carbons (Fsp3) is 0.500. The van der Waals surface area contributed by atoms with Crippen LogP contribution >= 0.6 is 0 Å². The quantitative estimate of drug-likeness (QED) is 0.654. The van der Waals surface area contributed by atoms with Gasteiger partial charge in [-0.15, -0.1) is 0 Å². The lowest BCUT2D eigenvalue weighted by atomic mass is 10.0. The van der Waals surface area contributed by atoms with Gasteiger partial charge in [-0.05, 0) is 68.7 Å². The van der Waals surface area contributed by atoms with Crippen LogP contribution in [0.1, 0.15) is 46.3 Å². The fourth-order valence-electron chi connectivity index (χ4n) is 4.70. The van der Waals surface area contributed by atoms with Crippen LogP contribution in [0.3, 0.4) is 0 Å². The van der Waals surface area contributed by atoms with E-state index in [9.17, 15) is 13.2 Å². The average Bonchev–Trinajstić information content (AvgIpc) is 2.84. The van der Waals surface area contributed by atoms with E-state index in [2.05, 4.69) is 27.2 Å². The van der Waals surface area contributed by atoms with Gasteiger partial charge in [-0.1, -0.05) is 36.8 Å². The second-order valence-electron chi connectivity index (χ2n) is 9.47. The van der Waals surface area contributed by atoms with Gasteiger partial charge in [0.2, 0.25) is 10.0 Å². The number of piperazine rings is 1. The first kappa shape index (κ1) is 24.9. The molecule has 2 aromatic carbocycles. The van der Waals surface area contributed by atoms with Gasteiger partial charge in [0, 0.05) is 44.8 Å². The molecular formula is C26H36N4O3S. The second kappa shape index (κ2) is 11.0. The third-order valence-corrected chi connectivity index (χ3v) is 8.85. The van der Waals surface area contributed by atoms with Gasteiger partial charge in [-0.25, -0.2) is 8.42 Å². The normalized spacial score (nSPS) is 18.6. The Morgan fingerprint density at radius 1 is 0.912 bits per heavy atom. The van der Waals surface area contributed by atoms with Crippen LogP contribution in [0.4, 0.5) is 0 Å². The third-order valence-electron chi connectivity index (χ3n) is 6.95. The number of likely N-dealkylation sites (tertiary alicyclic amines) is 1.